The van der Waals surface area contributed by atoms with Crippen LogP contribution in [0.2, 0.25) is 5.02 Å². The number of alkyl halides is 3. The third kappa shape index (κ3) is 13.2. The van der Waals surface area contributed by atoms with E-state index in [0.29, 0.717) is 25.1 Å². The number of esters is 1. The number of ether oxygens (including phenoxy) is 4. The number of hydrogen-bond donors (Lipinski definition) is 1. The molecule has 238 valence electrons. The number of hydrogen-bond acceptors (Lipinski definition) is 9. The molecule has 0 aliphatic heterocycles. The molecule has 2 aromatic rings. The van der Waals surface area contributed by atoms with Gasteiger partial charge in [0.15, 0.2) is 6.10 Å². The van der Waals surface area contributed by atoms with Crippen molar-refractivity contribution in [1.82, 2.24) is 9.71 Å². The summed E-state index contributed by atoms with van der Waals surface area (Å²) in [4.78, 5) is 27.5. The monoisotopic (exact) mass is 650 g/mol. The Morgan fingerprint density at radius 3 is 2.47 bits per heavy atom. The average molecular weight is 651 g/mol. The van der Waals surface area contributed by atoms with Crippen molar-refractivity contribution < 1.29 is 50.1 Å². The van der Waals surface area contributed by atoms with Gasteiger partial charge in [-0.3, -0.25) is 9.59 Å². The molecular weight excluding hydrogens is 617 g/mol. The van der Waals surface area contributed by atoms with Crippen molar-refractivity contribution >= 4 is 39.6 Å². The zero-order valence-electron chi connectivity index (χ0n) is 24.1. The third-order valence-electron chi connectivity index (χ3n) is 5.40. The van der Waals surface area contributed by atoms with Gasteiger partial charge in [0.1, 0.15) is 23.1 Å². The first kappa shape index (κ1) is 35.8. The number of unbranched alkanes of at least 4 members (excludes halogenated alkanes) is 2. The number of carbonyl (C=O) groups excluding carboxylic acids is 2. The Kier molecular flexibility index (Phi) is 13.7. The van der Waals surface area contributed by atoms with Crippen molar-refractivity contribution in [3.05, 3.63) is 52.7 Å². The highest BCUT2D eigenvalue weighted by atomic mass is 35.5. The lowest BCUT2D eigenvalue weighted by molar-refractivity contribution is -0.152. The fourth-order valence-corrected chi connectivity index (χ4v) is 4.64. The van der Waals surface area contributed by atoms with Gasteiger partial charge in [-0.2, -0.15) is 13.2 Å². The van der Waals surface area contributed by atoms with Gasteiger partial charge in [0.05, 0.1) is 24.0 Å². The van der Waals surface area contributed by atoms with Crippen LogP contribution < -0.4 is 14.2 Å². The first-order valence-corrected chi connectivity index (χ1v) is 15.3. The summed E-state index contributed by atoms with van der Waals surface area (Å²) >= 11 is 6.01. The van der Waals surface area contributed by atoms with E-state index in [2.05, 4.69) is 4.98 Å². The summed E-state index contributed by atoms with van der Waals surface area (Å²) in [5.41, 5.74) is -0.873. The summed E-state index contributed by atoms with van der Waals surface area (Å²) in [5.74, 6) is -1.88. The van der Waals surface area contributed by atoms with Crippen LogP contribution >= 0.6 is 11.6 Å². The first-order chi connectivity index (χ1) is 20.1. The van der Waals surface area contributed by atoms with E-state index in [1.165, 1.54) is 31.2 Å². The smallest absolute Gasteiger partial charge is 0.417 e. The van der Waals surface area contributed by atoms with E-state index in [1.807, 2.05) is 25.5 Å². The van der Waals surface area contributed by atoms with Gasteiger partial charge in [-0.15, -0.1) is 0 Å². The second kappa shape index (κ2) is 16.5. The molecule has 43 heavy (non-hydrogen) atoms. The quantitative estimate of drug-likeness (QED) is 0.133. The molecule has 10 nitrogen and oxygen atoms in total. The van der Waals surface area contributed by atoms with E-state index in [0.717, 1.165) is 12.5 Å². The van der Waals surface area contributed by atoms with Crippen LogP contribution in [0.4, 0.5) is 13.2 Å². The van der Waals surface area contributed by atoms with E-state index >= 15 is 0 Å². The minimum atomic E-state index is -4.68. The highest BCUT2D eigenvalue weighted by Crippen LogP contribution is 2.36. The van der Waals surface area contributed by atoms with Crippen LogP contribution in [-0.4, -0.2) is 56.5 Å². The highest BCUT2D eigenvalue weighted by molar-refractivity contribution is 7.90. The summed E-state index contributed by atoms with van der Waals surface area (Å²) in [6.07, 6.45) is -0.928. The molecule has 0 saturated carbocycles. The largest absolute Gasteiger partial charge is 0.489 e. The summed E-state index contributed by atoms with van der Waals surface area (Å²) in [6.45, 7) is 6.72. The molecule has 1 heterocycles. The van der Waals surface area contributed by atoms with Gasteiger partial charge in [-0.25, -0.2) is 18.1 Å². The molecule has 0 saturated heterocycles. The Morgan fingerprint density at radius 1 is 1.14 bits per heavy atom. The summed E-state index contributed by atoms with van der Waals surface area (Å²) in [6, 6.07) is 4.94. The maximum Gasteiger partial charge on any atom is 0.417 e. The summed E-state index contributed by atoms with van der Waals surface area (Å²) < 4.78 is 87.6. The van der Waals surface area contributed by atoms with Crippen LogP contribution in [0, 0.1) is 0 Å². The Morgan fingerprint density at radius 2 is 1.86 bits per heavy atom. The average Bonchev–Trinajstić information content (AvgIpc) is 2.89. The summed E-state index contributed by atoms with van der Waals surface area (Å²) in [7, 11) is -3.85. The Hall–Kier alpha value is -3.36. The molecule has 0 aliphatic carbocycles. The van der Waals surface area contributed by atoms with Crippen LogP contribution in [0.15, 0.2) is 36.5 Å². The van der Waals surface area contributed by atoms with Crippen LogP contribution in [0.25, 0.3) is 6.08 Å². The third-order valence-corrected chi connectivity index (χ3v) is 7.01. The van der Waals surface area contributed by atoms with E-state index < -0.39 is 44.8 Å². The number of carbonyl (C=O) groups is 2. The van der Waals surface area contributed by atoms with Crippen molar-refractivity contribution in [2.24, 2.45) is 0 Å². The van der Waals surface area contributed by atoms with Crippen molar-refractivity contribution in [3.63, 3.8) is 0 Å². The van der Waals surface area contributed by atoms with Gasteiger partial charge in [-0.05, 0) is 44.5 Å². The predicted octanol–water partition coefficient (Wildman–Crippen LogP) is 5.93. The van der Waals surface area contributed by atoms with Gasteiger partial charge < -0.3 is 18.9 Å². The zero-order chi connectivity index (χ0) is 32.2. The molecule has 0 bridgehead atoms. The number of nitrogens with zero attached hydrogens (tertiary/aromatic N) is 1. The molecule has 0 radical (unpaired) electrons. The van der Waals surface area contributed by atoms with E-state index in [4.69, 9.17) is 30.5 Å². The molecule has 1 amide bonds. The fraction of sp³-hybridized carbons (Fsp3) is 0.464. The Balaban J connectivity index is 2.34. The van der Waals surface area contributed by atoms with Crippen LogP contribution in [0.1, 0.15) is 58.1 Å². The van der Waals surface area contributed by atoms with Gasteiger partial charge in [0.25, 0.3) is 5.91 Å². The van der Waals surface area contributed by atoms with E-state index in [-0.39, 0.29) is 48.0 Å². The number of aromatic nitrogens is 1. The zero-order valence-corrected chi connectivity index (χ0v) is 25.6. The minimum absolute atomic E-state index is 0.0380. The molecule has 0 spiro atoms. The van der Waals surface area contributed by atoms with Crippen LogP contribution in [-0.2, 0) is 35.3 Å². The predicted molar refractivity (Wildman–Crippen MR) is 153 cm³/mol. The van der Waals surface area contributed by atoms with Gasteiger partial charge in [-0.1, -0.05) is 31.4 Å². The number of benzene rings is 1. The molecule has 15 heteroatoms. The van der Waals surface area contributed by atoms with Crippen molar-refractivity contribution in [1.29, 1.82) is 0 Å². The number of amides is 1. The molecule has 1 N–H and O–H groups in total. The highest BCUT2D eigenvalue weighted by Gasteiger charge is 2.32. The number of nitrogens with one attached hydrogen (secondary N) is 1. The molecular formula is C28H34ClF3N2O8S. The standard InChI is InChI=1S/C28H34ClF3N2O8S/c1-5-6-7-12-43(37,38)34-26(36)11-9-20-8-10-22(40-17-23(41-19(4)35)16-39-18(2)3)14-25(20)42-27-24(29)13-21(15-33-27)28(30,31)32/h8-11,13-15,18,23H,5-7,12,16-17H2,1-4H3,(H,34,36)/b11-9+. The second-order valence-corrected chi connectivity index (χ2v) is 11.8. The van der Waals surface area contributed by atoms with E-state index in [1.54, 1.807) is 0 Å². The van der Waals surface area contributed by atoms with Gasteiger partial charge in [0, 0.05) is 30.8 Å². The maximum absolute atomic E-state index is 13.1. The van der Waals surface area contributed by atoms with Gasteiger partial charge >= 0.3 is 12.1 Å². The van der Waals surface area contributed by atoms with Crippen molar-refractivity contribution in [2.45, 2.75) is 65.3 Å². The second-order valence-electron chi connectivity index (χ2n) is 9.56. The lowest BCUT2D eigenvalue weighted by Gasteiger charge is -2.19. The normalized spacial score (nSPS) is 12.8. The van der Waals surface area contributed by atoms with Gasteiger partial charge in [0.2, 0.25) is 15.9 Å². The van der Waals surface area contributed by atoms with Crippen molar-refractivity contribution in [3.8, 4) is 17.4 Å². The summed E-state index contributed by atoms with van der Waals surface area (Å²) in [5, 5.41) is -0.437. The minimum Gasteiger partial charge on any atom is -0.489 e. The molecule has 0 fully saturated rings. The number of rotatable bonds is 16. The lowest BCUT2D eigenvalue weighted by Crippen LogP contribution is -2.31. The maximum atomic E-state index is 13.1. The molecule has 0 aliphatic rings. The number of pyridine rings is 1. The Bertz CT molecular complexity index is 1380. The van der Waals surface area contributed by atoms with E-state index in [9.17, 15) is 31.2 Å². The molecule has 1 atom stereocenters. The fourth-order valence-electron chi connectivity index (χ4n) is 3.38. The van der Waals surface area contributed by atoms with Crippen LogP contribution in [0.3, 0.4) is 0 Å². The Labute approximate surface area is 253 Å². The topological polar surface area (TPSA) is 130 Å². The molecule has 1 aromatic carbocycles. The first-order valence-electron chi connectivity index (χ1n) is 13.3. The SMILES string of the molecule is CCCCCS(=O)(=O)NC(=O)/C=C/c1ccc(OCC(COC(C)C)OC(C)=O)cc1Oc1ncc(C(F)(F)F)cc1Cl. The van der Waals surface area contributed by atoms with Crippen LogP contribution in [0.5, 0.6) is 17.4 Å². The molecule has 1 unspecified atom stereocenters. The number of halogens is 4. The lowest BCUT2D eigenvalue weighted by atomic mass is 10.1. The van der Waals surface area contributed by atoms with Crippen molar-refractivity contribution in [2.75, 3.05) is 19.0 Å². The molecule has 2 rings (SSSR count). The number of sulfonamides is 1. The molecule has 1 aromatic heterocycles.